The molecule has 0 aliphatic rings. The number of carbonyl (C=O) groups is 4. The number of amides is 4. The van der Waals surface area contributed by atoms with Gasteiger partial charge in [0.2, 0.25) is 0 Å². The van der Waals surface area contributed by atoms with Crippen LogP contribution in [0.15, 0.2) is 0 Å². The van der Waals surface area contributed by atoms with Crippen molar-refractivity contribution in [3.63, 3.8) is 0 Å². The van der Waals surface area contributed by atoms with Gasteiger partial charge in [0.25, 0.3) is 23.6 Å². The van der Waals surface area contributed by atoms with Crippen LogP contribution >= 0.6 is 0 Å². The molecule has 0 fully saturated rings. The predicted molar refractivity (Wildman–Crippen MR) is 255 cm³/mol. The monoisotopic (exact) mass is 851 g/mol. The molecular weight excluding hydrogens is 749 g/mol. The Hall–Kier alpha value is -2.20. The molecule has 10 heteroatoms. The van der Waals surface area contributed by atoms with Crippen LogP contribution in [-0.2, 0) is 19.2 Å². The number of carbonyl (C=O) groups excluding carboxylic acids is 4. The van der Waals surface area contributed by atoms with Gasteiger partial charge >= 0.3 is 0 Å². The van der Waals surface area contributed by atoms with E-state index in [9.17, 15) is 19.2 Å². The van der Waals surface area contributed by atoms with E-state index in [0.717, 1.165) is 51.4 Å². The van der Waals surface area contributed by atoms with E-state index in [1.54, 1.807) is 0 Å². The number of nitrogens with one attached hydrogen (secondary N) is 4. The quantitative estimate of drug-likeness (QED) is 0.0361. The minimum atomic E-state index is -0.0312. The van der Waals surface area contributed by atoms with E-state index in [1.807, 2.05) is 28.2 Å². The first-order chi connectivity index (χ1) is 28.9. The fourth-order valence-corrected chi connectivity index (χ4v) is 8.04. The molecule has 10 nitrogen and oxygen atoms in total. The largest absolute Gasteiger partial charge is 0.351 e. The summed E-state index contributed by atoms with van der Waals surface area (Å²) in [6, 6.07) is 0. The lowest BCUT2D eigenvalue weighted by Crippen LogP contribution is -2.52. The van der Waals surface area contributed by atoms with Gasteiger partial charge in [-0.3, -0.25) is 19.2 Å². The summed E-state index contributed by atoms with van der Waals surface area (Å²) in [6.07, 6.45) is 40.7. The first kappa shape index (κ1) is 57.8. The van der Waals surface area contributed by atoms with Crippen LogP contribution in [0.2, 0.25) is 0 Å². The second kappa shape index (κ2) is 40.8. The maximum Gasteiger partial charge on any atom is 0.275 e. The first-order valence-corrected chi connectivity index (χ1v) is 25.6. The Morgan fingerprint density at radius 1 is 0.267 bits per heavy atom. The summed E-state index contributed by atoms with van der Waals surface area (Å²) in [5, 5.41) is 12.1. The van der Waals surface area contributed by atoms with Gasteiger partial charge in [-0.1, -0.05) is 194 Å². The number of likely N-dealkylation sites (N-methyl/N-ethyl adjacent to an activating group) is 2. The fraction of sp³-hybridized carbons (Fsp3) is 0.920. The number of hydrogen-bond acceptors (Lipinski definition) is 4. The zero-order valence-corrected chi connectivity index (χ0v) is 40.8. The van der Waals surface area contributed by atoms with E-state index in [-0.39, 0.29) is 36.7 Å². The molecule has 0 unspecified atom stereocenters. The predicted octanol–water partition coefficient (Wildman–Crippen LogP) is 10.1. The Bertz CT molecular complexity index is 956. The van der Waals surface area contributed by atoms with Crippen LogP contribution in [-0.4, -0.2) is 113 Å². The highest BCUT2D eigenvalue weighted by Crippen LogP contribution is 2.14. The van der Waals surface area contributed by atoms with Crippen molar-refractivity contribution in [3.05, 3.63) is 0 Å². The second-order valence-corrected chi connectivity index (χ2v) is 19.5. The van der Waals surface area contributed by atoms with Gasteiger partial charge in [0.1, 0.15) is 0 Å². The number of nitrogens with zero attached hydrogens (tertiary/aromatic N) is 2. The lowest BCUT2D eigenvalue weighted by atomic mass is 10.0. The number of hydrogen-bond donors (Lipinski definition) is 4. The van der Waals surface area contributed by atoms with E-state index >= 15 is 0 Å². The Morgan fingerprint density at radius 2 is 0.417 bits per heavy atom. The summed E-state index contributed by atoms with van der Waals surface area (Å²) in [7, 11) is 7.71. The van der Waals surface area contributed by atoms with E-state index in [4.69, 9.17) is 0 Å². The second-order valence-electron chi connectivity index (χ2n) is 19.5. The average Bonchev–Trinajstić information content (AvgIpc) is 3.18. The molecule has 0 aromatic carbocycles. The van der Waals surface area contributed by atoms with Gasteiger partial charge in [-0.05, 0) is 25.7 Å². The van der Waals surface area contributed by atoms with Crippen LogP contribution in [0.5, 0.6) is 0 Å². The molecule has 0 aliphatic carbocycles. The standard InChI is InChI=1S/C50H100N6O4/c1-7-9-11-13-15-17-19-21-23-25-27-29-31-35-39-51-47(57)43-55(3,4)45-49(59)53-41-37-33-34-38-42-54-50(60)46-56(5,6)44-48(58)52-40-36-32-30-28-26-24-22-20-18-16-14-12-10-8-2/h7-46H2,1-6H3,(H2-2,51,52,53,54,57,58,59,60)/p+2. The smallest absolute Gasteiger partial charge is 0.275 e. The summed E-state index contributed by atoms with van der Waals surface area (Å²) in [5.74, 6) is -0.0473. The minimum Gasteiger partial charge on any atom is -0.351 e. The van der Waals surface area contributed by atoms with Crippen LogP contribution in [0, 0.1) is 0 Å². The molecule has 60 heavy (non-hydrogen) atoms. The van der Waals surface area contributed by atoms with Gasteiger partial charge in [-0.15, -0.1) is 0 Å². The Labute approximate surface area is 371 Å². The van der Waals surface area contributed by atoms with E-state index in [0.29, 0.717) is 48.2 Å². The van der Waals surface area contributed by atoms with E-state index < -0.39 is 0 Å². The molecule has 0 spiro atoms. The Kier molecular flexibility index (Phi) is 39.3. The molecular formula is C50H102N6O4+2. The summed E-state index contributed by atoms with van der Waals surface area (Å²) in [5.41, 5.74) is 0. The molecule has 4 amide bonds. The maximum atomic E-state index is 12.6. The molecule has 0 saturated heterocycles. The van der Waals surface area contributed by atoms with Crippen LogP contribution in [0.4, 0.5) is 0 Å². The van der Waals surface area contributed by atoms with Gasteiger partial charge in [-0.2, -0.15) is 0 Å². The maximum absolute atomic E-state index is 12.6. The topological polar surface area (TPSA) is 116 Å². The van der Waals surface area contributed by atoms with Crippen molar-refractivity contribution in [1.29, 1.82) is 0 Å². The lowest BCUT2D eigenvalue weighted by Gasteiger charge is -2.28. The summed E-state index contributed by atoms with van der Waals surface area (Å²) in [4.78, 5) is 50.2. The van der Waals surface area contributed by atoms with Gasteiger partial charge < -0.3 is 30.2 Å². The highest BCUT2D eigenvalue weighted by molar-refractivity contribution is 5.80. The van der Waals surface area contributed by atoms with Gasteiger partial charge in [0.15, 0.2) is 26.2 Å². The highest BCUT2D eigenvalue weighted by Gasteiger charge is 2.24. The van der Waals surface area contributed by atoms with E-state index in [1.165, 1.54) is 154 Å². The minimum absolute atomic E-state index is 0.00756. The van der Waals surface area contributed by atoms with Crippen molar-refractivity contribution in [2.75, 3.05) is 80.5 Å². The molecule has 0 atom stereocenters. The van der Waals surface area contributed by atoms with Crippen molar-refractivity contribution in [2.45, 2.75) is 219 Å². The van der Waals surface area contributed by atoms with Gasteiger partial charge in [0.05, 0.1) is 28.2 Å². The Morgan fingerprint density at radius 3 is 0.583 bits per heavy atom. The SMILES string of the molecule is CCCCCCCCCCCCCCCCNC(=O)C[N+](C)(C)CC(=O)NCCCCCCNC(=O)C[N+](C)(C)CC(=O)NCCCCCCCCCCCCCCCC. The molecule has 0 saturated carbocycles. The normalized spacial score (nSPS) is 11.8. The van der Waals surface area contributed by atoms with Crippen molar-refractivity contribution >= 4 is 23.6 Å². The zero-order chi connectivity index (χ0) is 44.4. The van der Waals surface area contributed by atoms with Crippen LogP contribution in [0.1, 0.15) is 219 Å². The molecule has 0 radical (unpaired) electrons. The zero-order valence-electron chi connectivity index (χ0n) is 40.8. The molecule has 0 rings (SSSR count). The van der Waals surface area contributed by atoms with Crippen LogP contribution < -0.4 is 21.3 Å². The lowest BCUT2D eigenvalue weighted by molar-refractivity contribution is -0.874. The van der Waals surface area contributed by atoms with Crippen molar-refractivity contribution in [1.82, 2.24) is 21.3 Å². The van der Waals surface area contributed by atoms with Crippen LogP contribution in [0.25, 0.3) is 0 Å². The average molecular weight is 851 g/mol. The summed E-state index contributed by atoms with van der Waals surface area (Å²) >= 11 is 0. The number of unbranched alkanes of at least 4 members (excludes halogenated alkanes) is 29. The fourth-order valence-electron chi connectivity index (χ4n) is 8.04. The number of rotatable bonds is 45. The van der Waals surface area contributed by atoms with Gasteiger partial charge in [-0.25, -0.2) is 0 Å². The molecule has 4 N–H and O–H groups in total. The molecule has 0 bridgehead atoms. The third kappa shape index (κ3) is 42.5. The molecule has 354 valence electrons. The molecule has 0 aromatic rings. The molecule has 0 aromatic heterocycles. The van der Waals surface area contributed by atoms with Crippen molar-refractivity contribution in [2.24, 2.45) is 0 Å². The third-order valence-electron chi connectivity index (χ3n) is 11.7. The number of quaternary nitrogens is 2. The molecule has 0 heterocycles. The highest BCUT2D eigenvalue weighted by atomic mass is 16.2. The molecule has 0 aliphatic heterocycles. The van der Waals surface area contributed by atoms with Gasteiger partial charge in [0, 0.05) is 26.2 Å². The van der Waals surface area contributed by atoms with E-state index in [2.05, 4.69) is 35.1 Å². The van der Waals surface area contributed by atoms with Crippen molar-refractivity contribution in [3.8, 4) is 0 Å². The summed E-state index contributed by atoms with van der Waals surface area (Å²) in [6.45, 7) is 8.32. The summed E-state index contributed by atoms with van der Waals surface area (Å²) < 4.78 is 0.658. The first-order valence-electron chi connectivity index (χ1n) is 25.6. The van der Waals surface area contributed by atoms with Crippen LogP contribution in [0.3, 0.4) is 0 Å². The Balaban J connectivity index is 3.74. The third-order valence-corrected chi connectivity index (χ3v) is 11.7. The van der Waals surface area contributed by atoms with Crippen molar-refractivity contribution < 1.29 is 28.1 Å².